The Morgan fingerprint density at radius 1 is 1.25 bits per heavy atom. The fourth-order valence-electron chi connectivity index (χ4n) is 2.27. The SMILES string of the molecule is CCCCNc1nccc(C(=O)NCc2ccc3c(c2)OCO3)n1. The third-order valence-electron chi connectivity index (χ3n) is 3.59. The zero-order chi connectivity index (χ0) is 16.8. The number of rotatable bonds is 7. The Labute approximate surface area is 140 Å². The van der Waals surface area contributed by atoms with Crippen molar-refractivity contribution >= 4 is 11.9 Å². The molecule has 0 saturated carbocycles. The van der Waals surface area contributed by atoms with Crippen LogP contribution in [0.25, 0.3) is 0 Å². The number of anilines is 1. The van der Waals surface area contributed by atoms with Crippen molar-refractivity contribution in [1.29, 1.82) is 0 Å². The van der Waals surface area contributed by atoms with Crippen LogP contribution in [0.15, 0.2) is 30.5 Å². The zero-order valence-electron chi connectivity index (χ0n) is 13.5. The Hall–Kier alpha value is -2.83. The summed E-state index contributed by atoms with van der Waals surface area (Å²) >= 11 is 0. The van der Waals surface area contributed by atoms with E-state index in [1.54, 1.807) is 12.3 Å². The average molecular weight is 328 g/mol. The van der Waals surface area contributed by atoms with E-state index >= 15 is 0 Å². The number of benzene rings is 1. The average Bonchev–Trinajstić information content (AvgIpc) is 3.08. The van der Waals surface area contributed by atoms with E-state index < -0.39 is 0 Å². The van der Waals surface area contributed by atoms with Crippen LogP contribution in [0.4, 0.5) is 5.95 Å². The van der Waals surface area contributed by atoms with Crippen LogP contribution in [-0.4, -0.2) is 29.2 Å². The fraction of sp³-hybridized carbons (Fsp3) is 0.353. The highest BCUT2D eigenvalue weighted by Crippen LogP contribution is 2.32. The summed E-state index contributed by atoms with van der Waals surface area (Å²) in [5.41, 5.74) is 1.27. The molecule has 2 aromatic rings. The van der Waals surface area contributed by atoms with Crippen molar-refractivity contribution in [2.45, 2.75) is 26.3 Å². The maximum Gasteiger partial charge on any atom is 0.270 e. The van der Waals surface area contributed by atoms with E-state index in [2.05, 4.69) is 27.5 Å². The van der Waals surface area contributed by atoms with Gasteiger partial charge in [-0.1, -0.05) is 19.4 Å². The van der Waals surface area contributed by atoms with E-state index in [-0.39, 0.29) is 12.7 Å². The number of aromatic nitrogens is 2. The molecule has 0 saturated heterocycles. The quantitative estimate of drug-likeness (QED) is 0.759. The van der Waals surface area contributed by atoms with E-state index in [1.165, 1.54) is 0 Å². The van der Waals surface area contributed by atoms with Crippen molar-refractivity contribution in [3.05, 3.63) is 41.7 Å². The Morgan fingerprint density at radius 2 is 2.12 bits per heavy atom. The van der Waals surface area contributed by atoms with Gasteiger partial charge in [-0.2, -0.15) is 0 Å². The second-order valence-corrected chi connectivity index (χ2v) is 5.42. The van der Waals surface area contributed by atoms with E-state index in [9.17, 15) is 4.79 Å². The molecule has 7 nitrogen and oxygen atoms in total. The summed E-state index contributed by atoms with van der Waals surface area (Å²) in [7, 11) is 0. The molecule has 0 fully saturated rings. The highest BCUT2D eigenvalue weighted by molar-refractivity contribution is 5.92. The Bertz CT molecular complexity index is 721. The molecule has 3 rings (SSSR count). The number of carbonyl (C=O) groups is 1. The molecule has 7 heteroatoms. The maximum absolute atomic E-state index is 12.2. The predicted octanol–water partition coefficient (Wildman–Crippen LogP) is 2.35. The second kappa shape index (κ2) is 7.63. The van der Waals surface area contributed by atoms with Gasteiger partial charge in [0.25, 0.3) is 5.91 Å². The van der Waals surface area contributed by atoms with Gasteiger partial charge in [-0.05, 0) is 30.2 Å². The summed E-state index contributed by atoms with van der Waals surface area (Å²) in [5.74, 6) is 1.66. The highest BCUT2D eigenvalue weighted by Gasteiger charge is 2.14. The molecule has 1 aromatic carbocycles. The van der Waals surface area contributed by atoms with Gasteiger partial charge in [0.1, 0.15) is 5.69 Å². The van der Waals surface area contributed by atoms with E-state index in [0.29, 0.717) is 23.9 Å². The molecule has 1 aromatic heterocycles. The minimum Gasteiger partial charge on any atom is -0.454 e. The molecule has 1 aliphatic rings. The van der Waals surface area contributed by atoms with Crippen LogP contribution in [0, 0.1) is 0 Å². The molecule has 0 radical (unpaired) electrons. The Balaban J connectivity index is 1.57. The first-order valence-corrected chi connectivity index (χ1v) is 8.00. The lowest BCUT2D eigenvalue weighted by Gasteiger charge is -2.07. The van der Waals surface area contributed by atoms with Gasteiger partial charge in [0.05, 0.1) is 0 Å². The molecule has 1 amide bonds. The number of unbranched alkanes of at least 4 members (excludes halogenated alkanes) is 1. The smallest absolute Gasteiger partial charge is 0.270 e. The first-order chi connectivity index (χ1) is 11.8. The molecule has 0 aliphatic carbocycles. The van der Waals surface area contributed by atoms with Gasteiger partial charge in [-0.25, -0.2) is 9.97 Å². The predicted molar refractivity (Wildman–Crippen MR) is 89.2 cm³/mol. The summed E-state index contributed by atoms with van der Waals surface area (Å²) in [6.07, 6.45) is 3.70. The minimum absolute atomic E-state index is 0.236. The Kier molecular flexibility index (Phi) is 5.10. The fourth-order valence-corrected chi connectivity index (χ4v) is 2.27. The van der Waals surface area contributed by atoms with Gasteiger partial charge in [0.15, 0.2) is 11.5 Å². The number of nitrogens with zero attached hydrogens (tertiary/aromatic N) is 2. The highest BCUT2D eigenvalue weighted by atomic mass is 16.7. The van der Waals surface area contributed by atoms with Crippen molar-refractivity contribution in [1.82, 2.24) is 15.3 Å². The van der Waals surface area contributed by atoms with Crippen molar-refractivity contribution < 1.29 is 14.3 Å². The van der Waals surface area contributed by atoms with Gasteiger partial charge in [-0.15, -0.1) is 0 Å². The molecular formula is C17H20N4O3. The third kappa shape index (κ3) is 3.92. The molecular weight excluding hydrogens is 308 g/mol. The summed E-state index contributed by atoms with van der Waals surface area (Å²) in [4.78, 5) is 20.6. The molecule has 2 heterocycles. The monoisotopic (exact) mass is 328 g/mol. The Morgan fingerprint density at radius 3 is 3.00 bits per heavy atom. The van der Waals surface area contributed by atoms with E-state index in [0.717, 1.165) is 30.7 Å². The number of hydrogen-bond acceptors (Lipinski definition) is 6. The summed E-state index contributed by atoms with van der Waals surface area (Å²) < 4.78 is 10.6. The number of ether oxygens (including phenoxy) is 2. The summed E-state index contributed by atoms with van der Waals surface area (Å²) in [6.45, 7) is 3.53. The van der Waals surface area contributed by atoms with Gasteiger partial charge in [-0.3, -0.25) is 4.79 Å². The molecule has 1 aliphatic heterocycles. The van der Waals surface area contributed by atoms with Crippen LogP contribution >= 0.6 is 0 Å². The first-order valence-electron chi connectivity index (χ1n) is 8.00. The normalized spacial score (nSPS) is 12.0. The van der Waals surface area contributed by atoms with Crippen molar-refractivity contribution in [2.24, 2.45) is 0 Å². The molecule has 0 unspecified atom stereocenters. The first kappa shape index (κ1) is 16.0. The van der Waals surface area contributed by atoms with Crippen LogP contribution in [0.3, 0.4) is 0 Å². The molecule has 0 bridgehead atoms. The van der Waals surface area contributed by atoms with Crippen molar-refractivity contribution in [3.8, 4) is 11.5 Å². The molecule has 2 N–H and O–H groups in total. The summed E-state index contributed by atoms with van der Waals surface area (Å²) in [5, 5.41) is 5.96. The molecule has 0 atom stereocenters. The second-order valence-electron chi connectivity index (χ2n) is 5.42. The number of carbonyl (C=O) groups excluding carboxylic acids is 1. The third-order valence-corrected chi connectivity index (χ3v) is 3.59. The lowest BCUT2D eigenvalue weighted by atomic mass is 10.2. The van der Waals surface area contributed by atoms with Crippen LogP contribution < -0.4 is 20.1 Å². The standard InChI is InChI=1S/C17H20N4O3/c1-2-3-7-18-17-19-8-6-13(21-17)16(22)20-10-12-4-5-14-15(9-12)24-11-23-14/h4-6,8-9H,2-3,7,10-11H2,1H3,(H,20,22)(H,18,19,21). The number of fused-ring (bicyclic) bond motifs is 1. The number of nitrogens with one attached hydrogen (secondary N) is 2. The van der Waals surface area contributed by atoms with Crippen molar-refractivity contribution in [3.63, 3.8) is 0 Å². The molecule has 0 spiro atoms. The topological polar surface area (TPSA) is 85.4 Å². The molecule has 24 heavy (non-hydrogen) atoms. The molecule has 126 valence electrons. The van der Waals surface area contributed by atoms with Crippen LogP contribution in [0.2, 0.25) is 0 Å². The van der Waals surface area contributed by atoms with E-state index in [1.807, 2.05) is 18.2 Å². The lowest BCUT2D eigenvalue weighted by Crippen LogP contribution is -2.24. The number of hydrogen-bond donors (Lipinski definition) is 2. The van der Waals surface area contributed by atoms with E-state index in [4.69, 9.17) is 9.47 Å². The minimum atomic E-state index is -0.242. The van der Waals surface area contributed by atoms with Gasteiger partial charge in [0, 0.05) is 19.3 Å². The zero-order valence-corrected chi connectivity index (χ0v) is 13.5. The van der Waals surface area contributed by atoms with Crippen LogP contribution in [0.1, 0.15) is 35.8 Å². The largest absolute Gasteiger partial charge is 0.454 e. The van der Waals surface area contributed by atoms with Gasteiger partial charge in [0.2, 0.25) is 12.7 Å². The number of amides is 1. The maximum atomic E-state index is 12.2. The summed E-state index contributed by atoms with van der Waals surface area (Å²) in [6, 6.07) is 7.19. The van der Waals surface area contributed by atoms with Gasteiger partial charge >= 0.3 is 0 Å². The van der Waals surface area contributed by atoms with Crippen LogP contribution in [-0.2, 0) is 6.54 Å². The van der Waals surface area contributed by atoms with Gasteiger partial charge < -0.3 is 20.1 Å². The lowest BCUT2D eigenvalue weighted by molar-refractivity contribution is 0.0946. The van der Waals surface area contributed by atoms with Crippen molar-refractivity contribution in [2.75, 3.05) is 18.7 Å². The van der Waals surface area contributed by atoms with Crippen LogP contribution in [0.5, 0.6) is 11.5 Å².